The van der Waals surface area contributed by atoms with Crippen LogP contribution < -0.4 is 5.32 Å². The van der Waals surface area contributed by atoms with Gasteiger partial charge in [0.1, 0.15) is 0 Å². The van der Waals surface area contributed by atoms with Gasteiger partial charge in [-0.15, -0.1) is 0 Å². The smallest absolute Gasteiger partial charge is 0.151 e. The number of rotatable bonds is 8. The average molecular weight is 285 g/mol. The second-order valence-corrected chi connectivity index (χ2v) is 6.89. The summed E-state index contributed by atoms with van der Waals surface area (Å²) in [7, 11) is -1.33. The number of benzene rings is 1. The molecule has 0 aromatic heterocycles. The van der Waals surface area contributed by atoms with Gasteiger partial charge < -0.3 is 10.1 Å². The van der Waals surface area contributed by atoms with Gasteiger partial charge in [-0.05, 0) is 18.1 Å². The minimum atomic E-state index is -3.03. The van der Waals surface area contributed by atoms with E-state index in [1.807, 2.05) is 24.3 Å². The van der Waals surface area contributed by atoms with Gasteiger partial charge in [0.25, 0.3) is 0 Å². The fourth-order valence-corrected chi connectivity index (χ4v) is 2.77. The molecule has 0 saturated heterocycles. The van der Waals surface area contributed by atoms with Crippen molar-refractivity contribution in [1.82, 2.24) is 0 Å². The molecule has 19 heavy (non-hydrogen) atoms. The lowest BCUT2D eigenvalue weighted by Gasteiger charge is -2.17. The summed E-state index contributed by atoms with van der Waals surface area (Å²) in [5.74, 6) is 0.0571. The Morgan fingerprint density at radius 2 is 2.00 bits per heavy atom. The number of anilines is 1. The van der Waals surface area contributed by atoms with Gasteiger partial charge in [-0.3, -0.25) is 0 Å². The van der Waals surface area contributed by atoms with Crippen LogP contribution in [0.3, 0.4) is 0 Å². The van der Waals surface area contributed by atoms with Crippen molar-refractivity contribution in [1.29, 1.82) is 0 Å². The number of hydrogen-bond donors (Lipinski definition) is 1. The minimum absolute atomic E-state index is 0.0571. The van der Waals surface area contributed by atoms with E-state index in [0.717, 1.165) is 24.1 Å². The normalized spacial score (nSPS) is 13.2. The number of sulfone groups is 1. The van der Waals surface area contributed by atoms with E-state index in [1.54, 1.807) is 7.11 Å². The van der Waals surface area contributed by atoms with Crippen LogP contribution in [0.5, 0.6) is 0 Å². The highest BCUT2D eigenvalue weighted by molar-refractivity contribution is 7.89. The fourth-order valence-electron chi connectivity index (χ4n) is 1.95. The molecular formula is C14H23NO3S. The number of ether oxygens (including phenoxy) is 1. The quantitative estimate of drug-likeness (QED) is 0.797. The Morgan fingerprint density at radius 1 is 1.32 bits per heavy atom. The Kier molecular flexibility index (Phi) is 6.31. The molecule has 1 atom stereocenters. The zero-order valence-corrected chi connectivity index (χ0v) is 12.7. The first-order valence-corrected chi connectivity index (χ1v) is 8.54. The van der Waals surface area contributed by atoms with E-state index in [-0.39, 0.29) is 11.9 Å². The van der Waals surface area contributed by atoms with E-state index >= 15 is 0 Å². The standard InChI is InChI=1S/C14H23NO3S/c1-4-7-13(18-2)10-15-14-9-6-5-8-12(14)11-19(3,16)17/h5-6,8-9,13,15H,4,7,10-11H2,1-3H3. The maximum Gasteiger partial charge on any atom is 0.151 e. The number of para-hydroxylation sites is 1. The third kappa shape index (κ3) is 6.07. The van der Waals surface area contributed by atoms with E-state index in [2.05, 4.69) is 12.2 Å². The molecule has 1 unspecified atom stereocenters. The predicted molar refractivity (Wildman–Crippen MR) is 79.2 cm³/mol. The number of hydrogen-bond acceptors (Lipinski definition) is 4. The highest BCUT2D eigenvalue weighted by atomic mass is 32.2. The molecule has 0 spiro atoms. The molecule has 0 fully saturated rings. The lowest BCUT2D eigenvalue weighted by molar-refractivity contribution is 0.105. The molecule has 4 nitrogen and oxygen atoms in total. The van der Waals surface area contributed by atoms with E-state index in [0.29, 0.717) is 6.54 Å². The van der Waals surface area contributed by atoms with Crippen molar-refractivity contribution in [2.24, 2.45) is 0 Å². The molecule has 1 rings (SSSR count). The van der Waals surface area contributed by atoms with E-state index in [4.69, 9.17) is 4.74 Å². The van der Waals surface area contributed by atoms with Gasteiger partial charge in [-0.25, -0.2) is 8.42 Å². The summed E-state index contributed by atoms with van der Waals surface area (Å²) < 4.78 is 28.2. The van der Waals surface area contributed by atoms with Crippen LogP contribution in [0, 0.1) is 0 Å². The van der Waals surface area contributed by atoms with Crippen LogP contribution >= 0.6 is 0 Å². The average Bonchev–Trinajstić information content (AvgIpc) is 2.34. The van der Waals surface area contributed by atoms with E-state index < -0.39 is 9.84 Å². The molecule has 108 valence electrons. The Hall–Kier alpha value is -1.07. The summed E-state index contributed by atoms with van der Waals surface area (Å²) in [4.78, 5) is 0. The van der Waals surface area contributed by atoms with E-state index in [9.17, 15) is 8.42 Å². The Balaban J connectivity index is 2.72. The Labute approximate surface area is 116 Å². The van der Waals surface area contributed by atoms with Crippen LogP contribution in [0.25, 0.3) is 0 Å². The first-order chi connectivity index (χ1) is 8.96. The molecular weight excluding hydrogens is 262 g/mol. The van der Waals surface area contributed by atoms with Crippen LogP contribution in [0.1, 0.15) is 25.3 Å². The maximum atomic E-state index is 11.4. The van der Waals surface area contributed by atoms with Crippen LogP contribution in [0.2, 0.25) is 0 Å². The Morgan fingerprint density at radius 3 is 2.58 bits per heavy atom. The van der Waals surface area contributed by atoms with Gasteiger partial charge in [-0.1, -0.05) is 31.5 Å². The van der Waals surface area contributed by atoms with Crippen LogP contribution in [-0.4, -0.2) is 34.4 Å². The van der Waals surface area contributed by atoms with Gasteiger partial charge in [0.05, 0.1) is 11.9 Å². The van der Waals surface area contributed by atoms with Gasteiger partial charge >= 0.3 is 0 Å². The van der Waals surface area contributed by atoms with Crippen molar-refractivity contribution < 1.29 is 13.2 Å². The molecule has 0 aliphatic rings. The van der Waals surface area contributed by atoms with Crippen LogP contribution in [0.15, 0.2) is 24.3 Å². The summed E-state index contributed by atoms with van der Waals surface area (Å²) in [5.41, 5.74) is 1.67. The molecule has 0 bridgehead atoms. The van der Waals surface area contributed by atoms with Crippen LogP contribution in [-0.2, 0) is 20.3 Å². The first kappa shape index (κ1) is 16.0. The summed E-state index contributed by atoms with van der Waals surface area (Å²) in [5, 5.41) is 3.28. The monoisotopic (exact) mass is 285 g/mol. The highest BCUT2D eigenvalue weighted by Crippen LogP contribution is 2.18. The summed E-state index contributed by atoms with van der Waals surface area (Å²) in [6.45, 7) is 2.80. The van der Waals surface area contributed by atoms with Crippen molar-refractivity contribution in [2.45, 2.75) is 31.6 Å². The maximum absolute atomic E-state index is 11.4. The first-order valence-electron chi connectivity index (χ1n) is 6.48. The molecule has 0 amide bonds. The minimum Gasteiger partial charge on any atom is -0.382 e. The van der Waals surface area contributed by atoms with Gasteiger partial charge in [-0.2, -0.15) is 0 Å². The molecule has 1 N–H and O–H groups in total. The zero-order valence-electron chi connectivity index (χ0n) is 11.8. The summed E-state index contributed by atoms with van der Waals surface area (Å²) in [6, 6.07) is 7.49. The lowest BCUT2D eigenvalue weighted by atomic mass is 10.1. The number of methoxy groups -OCH3 is 1. The lowest BCUT2D eigenvalue weighted by Crippen LogP contribution is -2.22. The molecule has 0 aliphatic carbocycles. The van der Waals surface area contributed by atoms with Gasteiger partial charge in [0, 0.05) is 25.6 Å². The Bertz CT molecular complexity index is 485. The van der Waals surface area contributed by atoms with Crippen molar-refractivity contribution in [3.8, 4) is 0 Å². The molecule has 0 radical (unpaired) electrons. The molecule has 1 aromatic rings. The van der Waals surface area contributed by atoms with E-state index in [1.165, 1.54) is 6.26 Å². The van der Waals surface area contributed by atoms with Crippen molar-refractivity contribution in [3.63, 3.8) is 0 Å². The van der Waals surface area contributed by atoms with Gasteiger partial charge in [0.15, 0.2) is 9.84 Å². The topological polar surface area (TPSA) is 55.4 Å². The second kappa shape index (κ2) is 7.50. The second-order valence-electron chi connectivity index (χ2n) is 4.75. The van der Waals surface area contributed by atoms with Crippen molar-refractivity contribution in [2.75, 3.05) is 25.2 Å². The summed E-state index contributed by atoms with van der Waals surface area (Å²) >= 11 is 0. The molecule has 0 heterocycles. The molecule has 0 aliphatic heterocycles. The third-order valence-electron chi connectivity index (χ3n) is 2.90. The fraction of sp³-hybridized carbons (Fsp3) is 0.571. The molecule has 1 aromatic carbocycles. The predicted octanol–water partition coefficient (Wildman–Crippen LogP) is 2.46. The van der Waals surface area contributed by atoms with Gasteiger partial charge in [0.2, 0.25) is 0 Å². The third-order valence-corrected chi connectivity index (χ3v) is 3.73. The molecule has 5 heteroatoms. The SMILES string of the molecule is CCCC(CNc1ccccc1CS(C)(=O)=O)OC. The zero-order chi connectivity index (χ0) is 14.3. The largest absolute Gasteiger partial charge is 0.382 e. The summed E-state index contributed by atoms with van der Waals surface area (Å²) in [6.07, 6.45) is 3.44. The highest BCUT2D eigenvalue weighted by Gasteiger charge is 2.10. The molecule has 0 saturated carbocycles. The van der Waals surface area contributed by atoms with Crippen molar-refractivity contribution in [3.05, 3.63) is 29.8 Å². The van der Waals surface area contributed by atoms with Crippen LogP contribution in [0.4, 0.5) is 5.69 Å². The van der Waals surface area contributed by atoms with Crippen molar-refractivity contribution >= 4 is 15.5 Å². The number of nitrogens with one attached hydrogen (secondary N) is 1.